The van der Waals surface area contributed by atoms with Gasteiger partial charge in [0.1, 0.15) is 24.7 Å². The lowest BCUT2D eigenvalue weighted by atomic mass is 9.94. The lowest BCUT2D eigenvalue weighted by molar-refractivity contribution is -0.136. The van der Waals surface area contributed by atoms with Gasteiger partial charge < -0.3 is 31.7 Å². The number of Topliss-reactive ketones (excluding diaryl/α,β-unsaturated/α-hetero) is 1. The van der Waals surface area contributed by atoms with Gasteiger partial charge in [0.05, 0.1) is 22.9 Å². The van der Waals surface area contributed by atoms with Crippen LogP contribution >= 0.6 is 0 Å². The van der Waals surface area contributed by atoms with E-state index in [1.807, 2.05) is 0 Å². The van der Waals surface area contributed by atoms with E-state index in [1.165, 1.54) is 26.0 Å². The van der Waals surface area contributed by atoms with Crippen molar-refractivity contribution in [1.29, 1.82) is 0 Å². The summed E-state index contributed by atoms with van der Waals surface area (Å²) >= 11 is 0. The zero-order valence-corrected chi connectivity index (χ0v) is 28.6. The normalized spacial score (nSPS) is 17.5. The third-order valence-corrected chi connectivity index (χ3v) is 8.30. The molecule has 2 aromatic rings. The SMILES string of the molecule is CC(=O)N[C@H](C(=O)N[C@H](C(=O)N[C@@H](CC(C)C)C(=O)N[C@@H](C[C@@H]1CCNC1=O)C(=O)Cn1[nH]c(=O)c2ccccc2c1=O)C(C)O)C(C)C. The second-order valence-corrected chi connectivity index (χ2v) is 13.3. The molecular weight excluding hydrogens is 638 g/mol. The van der Waals surface area contributed by atoms with Crippen LogP contribution in [0.5, 0.6) is 0 Å². The van der Waals surface area contributed by atoms with E-state index in [0.717, 1.165) is 4.68 Å². The molecule has 0 radical (unpaired) electrons. The zero-order valence-electron chi connectivity index (χ0n) is 28.6. The van der Waals surface area contributed by atoms with Gasteiger partial charge in [0.15, 0.2) is 5.78 Å². The molecule has 0 saturated carbocycles. The van der Waals surface area contributed by atoms with Crippen molar-refractivity contribution in [3.05, 3.63) is 45.0 Å². The van der Waals surface area contributed by atoms with Gasteiger partial charge in [-0.1, -0.05) is 39.8 Å². The molecule has 16 heteroatoms. The third-order valence-electron chi connectivity index (χ3n) is 8.30. The maximum absolute atomic E-state index is 13.8. The number of H-pyrrole nitrogens is 1. The molecule has 0 aliphatic carbocycles. The predicted octanol–water partition coefficient (Wildman–Crippen LogP) is -1.17. The molecule has 1 aliphatic heterocycles. The minimum Gasteiger partial charge on any atom is -0.391 e. The summed E-state index contributed by atoms with van der Waals surface area (Å²) in [5, 5.41) is 25.9. The maximum Gasteiger partial charge on any atom is 0.273 e. The molecule has 2 heterocycles. The Morgan fingerprint density at radius 1 is 0.857 bits per heavy atom. The minimum absolute atomic E-state index is 0.0981. The van der Waals surface area contributed by atoms with Crippen molar-refractivity contribution in [3.63, 3.8) is 0 Å². The molecule has 1 fully saturated rings. The molecule has 16 nitrogen and oxygen atoms in total. The number of aliphatic hydroxyl groups excluding tert-OH is 1. The van der Waals surface area contributed by atoms with Gasteiger partial charge in [0.25, 0.3) is 11.1 Å². The number of aromatic amines is 1. The summed E-state index contributed by atoms with van der Waals surface area (Å²) in [4.78, 5) is 104. The van der Waals surface area contributed by atoms with Gasteiger partial charge in [0.2, 0.25) is 29.5 Å². The largest absolute Gasteiger partial charge is 0.391 e. The molecule has 0 bridgehead atoms. The van der Waals surface area contributed by atoms with Crippen molar-refractivity contribution in [3.8, 4) is 0 Å². The standard InChI is InChI=1S/C33H47N7O9/c1-16(2)13-24(37-32(48)27(18(5)41)38-31(47)26(17(3)4)35-19(6)42)30(46)36-23(14-20-11-12-34-28(20)44)25(43)15-40-33(49)22-10-8-7-9-21(22)29(45)39-40/h7-10,16-18,20,23-24,26-27,41H,11-15H2,1-6H3,(H,34,44)(H,35,42)(H,36,46)(H,37,48)(H,38,47)(H,39,45)/t18?,20-,23-,24-,26-,27-/m0/s1. The van der Waals surface area contributed by atoms with Gasteiger partial charge >= 0.3 is 0 Å². The number of hydrogen-bond acceptors (Lipinski definition) is 9. The number of carbonyl (C=O) groups excluding carboxylic acids is 6. The Morgan fingerprint density at radius 3 is 2.02 bits per heavy atom. The Balaban J connectivity index is 1.86. The number of fused-ring (bicyclic) bond motifs is 1. The van der Waals surface area contributed by atoms with Crippen LogP contribution in [0.15, 0.2) is 33.9 Å². The summed E-state index contributed by atoms with van der Waals surface area (Å²) in [6, 6.07) is 1.10. The number of ketones is 1. The van der Waals surface area contributed by atoms with Crippen LogP contribution < -0.4 is 37.7 Å². The lowest BCUT2D eigenvalue weighted by Crippen LogP contribution is -2.61. The summed E-state index contributed by atoms with van der Waals surface area (Å²) in [6.45, 7) is 9.29. The van der Waals surface area contributed by atoms with E-state index in [-0.39, 0.29) is 41.4 Å². The number of benzene rings is 1. The molecule has 268 valence electrons. The number of rotatable bonds is 16. The van der Waals surface area contributed by atoms with Crippen molar-refractivity contribution in [2.24, 2.45) is 17.8 Å². The first kappa shape index (κ1) is 38.6. The predicted molar refractivity (Wildman–Crippen MR) is 179 cm³/mol. The summed E-state index contributed by atoms with van der Waals surface area (Å²) in [5.74, 6) is -4.90. The van der Waals surface area contributed by atoms with E-state index < -0.39 is 83.3 Å². The van der Waals surface area contributed by atoms with Gasteiger partial charge in [-0.25, -0.2) is 4.68 Å². The summed E-state index contributed by atoms with van der Waals surface area (Å²) in [7, 11) is 0. The fourth-order valence-corrected chi connectivity index (χ4v) is 5.69. The Bertz CT molecular complexity index is 1680. The third kappa shape index (κ3) is 10.3. The number of nitrogens with one attached hydrogen (secondary N) is 6. The van der Waals surface area contributed by atoms with Crippen molar-refractivity contribution in [1.82, 2.24) is 36.4 Å². The van der Waals surface area contributed by atoms with E-state index in [0.29, 0.717) is 13.0 Å². The Kier molecular flexibility index (Phi) is 13.4. The Morgan fingerprint density at radius 2 is 1.47 bits per heavy atom. The van der Waals surface area contributed by atoms with E-state index in [1.54, 1.807) is 39.8 Å². The number of amides is 5. The molecule has 1 aliphatic rings. The molecule has 49 heavy (non-hydrogen) atoms. The van der Waals surface area contributed by atoms with Gasteiger partial charge in [-0.2, -0.15) is 0 Å². The molecular formula is C33H47N7O9. The molecule has 6 atom stereocenters. The highest BCUT2D eigenvalue weighted by molar-refractivity contribution is 5.96. The van der Waals surface area contributed by atoms with Crippen molar-refractivity contribution in [2.45, 2.75) is 97.6 Å². The summed E-state index contributed by atoms with van der Waals surface area (Å²) < 4.78 is 0.857. The highest BCUT2D eigenvalue weighted by Gasteiger charge is 2.36. The van der Waals surface area contributed by atoms with Gasteiger partial charge in [0, 0.05) is 19.4 Å². The van der Waals surface area contributed by atoms with Crippen LogP contribution in [0.1, 0.15) is 60.8 Å². The van der Waals surface area contributed by atoms with Crippen LogP contribution in [0.3, 0.4) is 0 Å². The van der Waals surface area contributed by atoms with E-state index in [9.17, 15) is 43.5 Å². The zero-order chi connectivity index (χ0) is 36.6. The molecule has 0 spiro atoms. The number of carbonyl (C=O) groups is 6. The minimum atomic E-state index is -1.50. The van der Waals surface area contributed by atoms with E-state index >= 15 is 0 Å². The lowest BCUT2D eigenvalue weighted by Gasteiger charge is -2.29. The molecule has 1 aromatic carbocycles. The van der Waals surface area contributed by atoms with Gasteiger partial charge in [-0.05, 0) is 50.2 Å². The van der Waals surface area contributed by atoms with Crippen LogP contribution in [0.25, 0.3) is 10.8 Å². The fraction of sp³-hybridized carbons (Fsp3) is 0.576. The average Bonchev–Trinajstić information content (AvgIpc) is 3.43. The molecule has 7 N–H and O–H groups in total. The quantitative estimate of drug-likeness (QED) is 0.113. The highest BCUT2D eigenvalue weighted by atomic mass is 16.3. The Hall–Kier alpha value is -4.86. The second kappa shape index (κ2) is 17.0. The number of nitrogens with zero attached hydrogens (tertiary/aromatic N) is 1. The molecule has 3 rings (SSSR count). The van der Waals surface area contributed by atoms with Gasteiger partial charge in [-0.15, -0.1) is 0 Å². The molecule has 1 unspecified atom stereocenters. The number of aliphatic hydroxyl groups is 1. The fourth-order valence-electron chi connectivity index (χ4n) is 5.69. The molecule has 5 amide bonds. The van der Waals surface area contributed by atoms with Crippen LogP contribution in [0.4, 0.5) is 0 Å². The van der Waals surface area contributed by atoms with Gasteiger partial charge in [-0.3, -0.25) is 43.5 Å². The Labute approximate surface area is 283 Å². The molecule has 1 saturated heterocycles. The monoisotopic (exact) mass is 685 g/mol. The van der Waals surface area contributed by atoms with Crippen LogP contribution in [0.2, 0.25) is 0 Å². The second-order valence-electron chi connectivity index (χ2n) is 13.3. The first-order valence-corrected chi connectivity index (χ1v) is 16.4. The number of aromatic nitrogens is 2. The first-order valence-electron chi connectivity index (χ1n) is 16.4. The number of hydrogen-bond donors (Lipinski definition) is 7. The average molecular weight is 686 g/mol. The summed E-state index contributed by atoms with van der Waals surface area (Å²) in [6.07, 6.45) is -0.990. The van der Waals surface area contributed by atoms with Crippen LogP contribution in [0, 0.1) is 17.8 Å². The van der Waals surface area contributed by atoms with Crippen molar-refractivity contribution >= 4 is 46.1 Å². The highest BCUT2D eigenvalue weighted by Crippen LogP contribution is 2.18. The van der Waals surface area contributed by atoms with E-state index in [2.05, 4.69) is 31.7 Å². The van der Waals surface area contributed by atoms with Crippen molar-refractivity contribution in [2.75, 3.05) is 6.54 Å². The summed E-state index contributed by atoms with van der Waals surface area (Å²) in [5.41, 5.74) is -1.21. The topological polar surface area (TPSA) is 238 Å². The first-order chi connectivity index (χ1) is 23.0. The molecule has 1 aromatic heterocycles. The van der Waals surface area contributed by atoms with Crippen LogP contribution in [-0.2, 0) is 35.3 Å². The van der Waals surface area contributed by atoms with Crippen LogP contribution in [-0.4, -0.2) is 87.0 Å². The van der Waals surface area contributed by atoms with E-state index in [4.69, 9.17) is 0 Å². The maximum atomic E-state index is 13.8. The smallest absolute Gasteiger partial charge is 0.273 e. The van der Waals surface area contributed by atoms with Crippen molar-refractivity contribution < 1.29 is 33.9 Å².